The molecule has 0 aliphatic carbocycles. The molecule has 29 heavy (non-hydrogen) atoms. The van der Waals surface area contributed by atoms with Crippen molar-refractivity contribution in [2.45, 2.75) is 65.7 Å². The van der Waals surface area contributed by atoms with Gasteiger partial charge < -0.3 is 9.47 Å². The lowest BCUT2D eigenvalue weighted by Gasteiger charge is -2.08. The maximum absolute atomic E-state index is 12.3. The van der Waals surface area contributed by atoms with E-state index in [1.165, 1.54) is 32.1 Å². The van der Waals surface area contributed by atoms with Crippen LogP contribution in [0.4, 0.5) is 0 Å². The Balaban J connectivity index is 1.77. The van der Waals surface area contributed by atoms with Crippen molar-refractivity contribution in [1.29, 1.82) is 0 Å². The van der Waals surface area contributed by atoms with Crippen molar-refractivity contribution in [3.05, 3.63) is 64.7 Å². The number of rotatable bonds is 11. The van der Waals surface area contributed by atoms with Crippen molar-refractivity contribution in [3.63, 3.8) is 0 Å². The standard InChI is InChI=1S/C25H32O4/c1-4-5-6-7-8-9-10-15-28-24(26)21-11-13-22(14-12-21)25(27)29-23-17-19(2)16-20(3)18-23/h11-14,16-18H,4-10,15H2,1-3H3. The number of benzene rings is 2. The molecule has 0 aliphatic rings. The molecule has 0 heterocycles. The summed E-state index contributed by atoms with van der Waals surface area (Å²) >= 11 is 0. The van der Waals surface area contributed by atoms with E-state index in [1.807, 2.05) is 32.0 Å². The van der Waals surface area contributed by atoms with Crippen LogP contribution in [0.5, 0.6) is 5.75 Å². The van der Waals surface area contributed by atoms with Crippen LogP contribution in [0.15, 0.2) is 42.5 Å². The van der Waals surface area contributed by atoms with Crippen molar-refractivity contribution in [1.82, 2.24) is 0 Å². The molecule has 0 unspecified atom stereocenters. The highest BCUT2D eigenvalue weighted by molar-refractivity contribution is 5.94. The molecule has 4 heteroatoms. The number of carbonyl (C=O) groups excluding carboxylic acids is 2. The van der Waals surface area contributed by atoms with E-state index in [2.05, 4.69) is 6.92 Å². The lowest BCUT2D eigenvalue weighted by Crippen LogP contribution is -2.10. The largest absolute Gasteiger partial charge is 0.462 e. The Hall–Kier alpha value is -2.62. The van der Waals surface area contributed by atoms with Crippen LogP contribution in [-0.4, -0.2) is 18.5 Å². The van der Waals surface area contributed by atoms with E-state index < -0.39 is 5.97 Å². The predicted molar refractivity (Wildman–Crippen MR) is 116 cm³/mol. The van der Waals surface area contributed by atoms with E-state index in [9.17, 15) is 9.59 Å². The predicted octanol–water partition coefficient (Wildman–Crippen LogP) is 6.43. The van der Waals surface area contributed by atoms with E-state index in [4.69, 9.17) is 9.47 Å². The quantitative estimate of drug-likeness (QED) is 0.249. The maximum Gasteiger partial charge on any atom is 0.343 e. The van der Waals surface area contributed by atoms with Crippen LogP contribution in [0, 0.1) is 13.8 Å². The molecule has 0 amide bonds. The van der Waals surface area contributed by atoms with Gasteiger partial charge >= 0.3 is 11.9 Å². The van der Waals surface area contributed by atoms with E-state index >= 15 is 0 Å². The van der Waals surface area contributed by atoms with Crippen molar-refractivity contribution in [2.24, 2.45) is 0 Å². The molecule has 0 atom stereocenters. The van der Waals surface area contributed by atoms with Crippen LogP contribution < -0.4 is 4.74 Å². The molecule has 156 valence electrons. The molecule has 0 bridgehead atoms. The summed E-state index contributed by atoms with van der Waals surface area (Å²) in [4.78, 5) is 24.4. The van der Waals surface area contributed by atoms with Crippen molar-refractivity contribution in [2.75, 3.05) is 6.61 Å². The van der Waals surface area contributed by atoms with Gasteiger partial charge in [0.2, 0.25) is 0 Å². The normalized spacial score (nSPS) is 10.6. The Labute approximate surface area is 174 Å². The lowest BCUT2D eigenvalue weighted by molar-refractivity contribution is 0.0497. The molecule has 2 aromatic rings. The van der Waals surface area contributed by atoms with Crippen molar-refractivity contribution in [3.8, 4) is 5.75 Å². The Kier molecular flexibility index (Phi) is 9.42. The first-order valence-corrected chi connectivity index (χ1v) is 10.6. The van der Waals surface area contributed by atoms with Gasteiger partial charge in [0.05, 0.1) is 17.7 Å². The van der Waals surface area contributed by atoms with Gasteiger partial charge in [-0.3, -0.25) is 0 Å². The van der Waals surface area contributed by atoms with Gasteiger partial charge in [-0.15, -0.1) is 0 Å². The molecular formula is C25H32O4. The molecule has 0 spiro atoms. The fraction of sp³-hybridized carbons (Fsp3) is 0.440. The van der Waals surface area contributed by atoms with Crippen LogP contribution in [-0.2, 0) is 4.74 Å². The lowest BCUT2D eigenvalue weighted by atomic mass is 10.1. The Morgan fingerprint density at radius 1 is 0.724 bits per heavy atom. The molecule has 0 radical (unpaired) electrons. The minimum Gasteiger partial charge on any atom is -0.462 e. The van der Waals surface area contributed by atoms with Gasteiger partial charge in [-0.05, 0) is 67.8 Å². The summed E-state index contributed by atoms with van der Waals surface area (Å²) in [6, 6.07) is 12.0. The highest BCUT2D eigenvalue weighted by atomic mass is 16.5. The van der Waals surface area contributed by atoms with E-state index in [-0.39, 0.29) is 5.97 Å². The number of ether oxygens (including phenoxy) is 2. The van der Waals surface area contributed by atoms with Crippen molar-refractivity contribution >= 4 is 11.9 Å². The molecule has 0 N–H and O–H groups in total. The van der Waals surface area contributed by atoms with Gasteiger partial charge in [-0.2, -0.15) is 0 Å². The minimum absolute atomic E-state index is 0.356. The number of hydrogen-bond donors (Lipinski definition) is 0. The maximum atomic E-state index is 12.3. The average Bonchev–Trinajstić information content (AvgIpc) is 2.69. The second-order valence-corrected chi connectivity index (χ2v) is 7.55. The summed E-state index contributed by atoms with van der Waals surface area (Å²) in [7, 11) is 0. The van der Waals surface area contributed by atoms with E-state index in [1.54, 1.807) is 24.3 Å². The van der Waals surface area contributed by atoms with Gasteiger partial charge in [0.25, 0.3) is 0 Å². The topological polar surface area (TPSA) is 52.6 Å². The molecule has 0 fully saturated rings. The number of hydrogen-bond acceptors (Lipinski definition) is 4. The summed E-state index contributed by atoms with van der Waals surface area (Å²) in [5, 5.41) is 0. The SMILES string of the molecule is CCCCCCCCCOC(=O)c1ccc(C(=O)Oc2cc(C)cc(C)c2)cc1. The number of aryl methyl sites for hydroxylation is 2. The van der Waals surface area contributed by atoms with Gasteiger partial charge in [0, 0.05) is 0 Å². The monoisotopic (exact) mass is 396 g/mol. The molecule has 0 saturated carbocycles. The zero-order valence-corrected chi connectivity index (χ0v) is 17.8. The number of unbranched alkanes of at least 4 members (excludes halogenated alkanes) is 6. The molecule has 2 aromatic carbocycles. The zero-order valence-electron chi connectivity index (χ0n) is 17.8. The average molecular weight is 397 g/mol. The molecule has 0 aromatic heterocycles. The third-order valence-corrected chi connectivity index (χ3v) is 4.74. The second kappa shape index (κ2) is 12.1. The Morgan fingerprint density at radius 2 is 1.24 bits per heavy atom. The smallest absolute Gasteiger partial charge is 0.343 e. The minimum atomic E-state index is -0.446. The first kappa shape index (κ1) is 22.7. The van der Waals surface area contributed by atoms with Crippen LogP contribution in [0.2, 0.25) is 0 Å². The first-order chi connectivity index (χ1) is 14.0. The van der Waals surface area contributed by atoms with Crippen LogP contribution in [0.3, 0.4) is 0 Å². The molecular weight excluding hydrogens is 364 g/mol. The summed E-state index contributed by atoms with van der Waals surface area (Å²) in [6.07, 6.45) is 8.24. The van der Waals surface area contributed by atoms with Crippen molar-refractivity contribution < 1.29 is 19.1 Å². The van der Waals surface area contributed by atoms with Crippen LogP contribution in [0.25, 0.3) is 0 Å². The first-order valence-electron chi connectivity index (χ1n) is 10.6. The summed E-state index contributed by atoms with van der Waals surface area (Å²) < 4.78 is 10.8. The van der Waals surface area contributed by atoms with Crippen LogP contribution in [0.1, 0.15) is 83.7 Å². The highest BCUT2D eigenvalue weighted by Gasteiger charge is 2.12. The summed E-state index contributed by atoms with van der Waals surface area (Å²) in [5.74, 6) is -0.283. The molecule has 0 saturated heterocycles. The van der Waals surface area contributed by atoms with Gasteiger partial charge in [-0.25, -0.2) is 9.59 Å². The van der Waals surface area contributed by atoms with E-state index in [0.717, 1.165) is 24.0 Å². The van der Waals surface area contributed by atoms with Crippen LogP contribution >= 0.6 is 0 Å². The Morgan fingerprint density at radius 3 is 1.83 bits per heavy atom. The highest BCUT2D eigenvalue weighted by Crippen LogP contribution is 2.18. The van der Waals surface area contributed by atoms with Gasteiger partial charge in [-0.1, -0.05) is 51.5 Å². The third kappa shape index (κ3) is 8.10. The summed E-state index contributed by atoms with van der Waals surface area (Å²) in [6.45, 7) is 6.55. The van der Waals surface area contributed by atoms with Gasteiger partial charge in [0.15, 0.2) is 0 Å². The van der Waals surface area contributed by atoms with Gasteiger partial charge in [0.1, 0.15) is 5.75 Å². The molecule has 0 aliphatic heterocycles. The fourth-order valence-corrected chi connectivity index (χ4v) is 3.21. The zero-order chi connectivity index (χ0) is 21.1. The summed E-state index contributed by atoms with van der Waals surface area (Å²) in [5.41, 5.74) is 2.90. The third-order valence-electron chi connectivity index (χ3n) is 4.74. The molecule has 2 rings (SSSR count). The van der Waals surface area contributed by atoms with E-state index in [0.29, 0.717) is 23.5 Å². The second-order valence-electron chi connectivity index (χ2n) is 7.55. The number of carbonyl (C=O) groups is 2. The molecule has 4 nitrogen and oxygen atoms in total. The fourth-order valence-electron chi connectivity index (χ4n) is 3.21. The Bertz CT molecular complexity index is 773. The number of esters is 2.